The summed E-state index contributed by atoms with van der Waals surface area (Å²) in [6.45, 7) is 0.496. The molecule has 3 amide bonds. The zero-order valence-corrected chi connectivity index (χ0v) is 10.3. The maximum atomic E-state index is 12.2. The predicted molar refractivity (Wildman–Crippen MR) is 64.5 cm³/mol. The average Bonchev–Trinajstić information content (AvgIpc) is 2.50. The maximum Gasteiger partial charge on any atom is 0.325 e. The van der Waals surface area contributed by atoms with E-state index in [-0.39, 0.29) is 11.9 Å². The van der Waals surface area contributed by atoms with Crippen molar-refractivity contribution in [2.24, 2.45) is 0 Å². The van der Waals surface area contributed by atoms with Crippen LogP contribution in [0.15, 0.2) is 0 Å². The molecule has 1 spiro atoms. The Balaban J connectivity index is 2.08. The molecule has 0 bridgehead atoms. The van der Waals surface area contributed by atoms with Gasteiger partial charge in [-0.1, -0.05) is 19.3 Å². The quantitative estimate of drug-likeness (QED) is 0.583. The highest BCUT2D eigenvalue weighted by Gasteiger charge is 2.50. The fraction of sp³-hybridized carbons (Fsp3) is 0.818. The van der Waals surface area contributed by atoms with Gasteiger partial charge in [-0.2, -0.15) is 12.6 Å². The van der Waals surface area contributed by atoms with Crippen molar-refractivity contribution in [3.63, 3.8) is 0 Å². The highest BCUT2D eigenvalue weighted by atomic mass is 32.1. The third-order valence-corrected chi connectivity index (χ3v) is 3.81. The molecule has 0 aromatic carbocycles. The first-order valence-corrected chi connectivity index (χ1v) is 6.58. The summed E-state index contributed by atoms with van der Waals surface area (Å²) in [6.07, 6.45) is 5.60. The van der Waals surface area contributed by atoms with Gasteiger partial charge in [0.2, 0.25) is 0 Å². The first-order chi connectivity index (χ1) is 7.69. The van der Waals surface area contributed by atoms with Crippen LogP contribution >= 0.6 is 12.6 Å². The molecule has 1 saturated carbocycles. The Labute approximate surface area is 101 Å². The van der Waals surface area contributed by atoms with Crippen LogP contribution in [0.5, 0.6) is 0 Å². The zero-order chi connectivity index (χ0) is 11.6. The van der Waals surface area contributed by atoms with Crippen LogP contribution < -0.4 is 5.32 Å². The van der Waals surface area contributed by atoms with Gasteiger partial charge in [0.1, 0.15) is 5.54 Å². The van der Waals surface area contributed by atoms with Crippen molar-refractivity contribution in [2.45, 2.75) is 44.1 Å². The molecule has 0 radical (unpaired) electrons. The van der Waals surface area contributed by atoms with Gasteiger partial charge < -0.3 is 5.32 Å². The van der Waals surface area contributed by atoms with E-state index in [2.05, 4.69) is 17.9 Å². The number of amides is 3. The van der Waals surface area contributed by atoms with Gasteiger partial charge in [0.15, 0.2) is 0 Å². The zero-order valence-electron chi connectivity index (χ0n) is 9.37. The summed E-state index contributed by atoms with van der Waals surface area (Å²) in [4.78, 5) is 25.3. The molecule has 0 atom stereocenters. The Bertz CT molecular complexity index is 300. The Morgan fingerprint density at radius 2 is 1.94 bits per heavy atom. The summed E-state index contributed by atoms with van der Waals surface area (Å²) in [5.74, 6) is 0.684. The van der Waals surface area contributed by atoms with E-state index >= 15 is 0 Å². The van der Waals surface area contributed by atoms with Crippen molar-refractivity contribution >= 4 is 24.6 Å². The Morgan fingerprint density at radius 3 is 2.56 bits per heavy atom. The van der Waals surface area contributed by atoms with Gasteiger partial charge in [-0.3, -0.25) is 9.69 Å². The van der Waals surface area contributed by atoms with Crippen molar-refractivity contribution in [3.05, 3.63) is 0 Å². The number of rotatable bonds is 3. The normalized spacial score (nSPS) is 23.9. The third-order valence-electron chi connectivity index (χ3n) is 3.49. The van der Waals surface area contributed by atoms with E-state index in [1.807, 2.05) is 0 Å². The lowest BCUT2D eigenvalue weighted by molar-refractivity contribution is -0.132. The molecular weight excluding hydrogens is 224 g/mol. The van der Waals surface area contributed by atoms with Crippen LogP contribution in [0.25, 0.3) is 0 Å². The monoisotopic (exact) mass is 242 g/mol. The summed E-state index contributed by atoms with van der Waals surface area (Å²) in [5.41, 5.74) is -0.564. The van der Waals surface area contributed by atoms with Crippen molar-refractivity contribution in [1.82, 2.24) is 10.2 Å². The molecule has 1 N–H and O–H groups in total. The van der Waals surface area contributed by atoms with Crippen LogP contribution in [0.2, 0.25) is 0 Å². The summed E-state index contributed by atoms with van der Waals surface area (Å²) < 4.78 is 0. The number of carbonyl (C=O) groups excluding carboxylic acids is 2. The minimum atomic E-state index is -0.564. The molecule has 1 heterocycles. The Morgan fingerprint density at radius 1 is 1.25 bits per heavy atom. The number of nitrogens with zero attached hydrogens (tertiary/aromatic N) is 1. The van der Waals surface area contributed by atoms with E-state index < -0.39 is 5.54 Å². The van der Waals surface area contributed by atoms with Crippen LogP contribution in [-0.4, -0.2) is 34.7 Å². The molecule has 5 heteroatoms. The lowest BCUT2D eigenvalue weighted by Crippen LogP contribution is -2.48. The van der Waals surface area contributed by atoms with Gasteiger partial charge in [-0.15, -0.1) is 0 Å². The van der Waals surface area contributed by atoms with Crippen molar-refractivity contribution in [1.29, 1.82) is 0 Å². The minimum absolute atomic E-state index is 0.0148. The van der Waals surface area contributed by atoms with E-state index in [0.29, 0.717) is 12.3 Å². The lowest BCUT2D eigenvalue weighted by Gasteiger charge is -2.30. The van der Waals surface area contributed by atoms with E-state index in [4.69, 9.17) is 0 Å². The van der Waals surface area contributed by atoms with Gasteiger partial charge in [-0.25, -0.2) is 4.79 Å². The fourth-order valence-electron chi connectivity index (χ4n) is 2.60. The number of thiol groups is 1. The van der Waals surface area contributed by atoms with E-state index in [9.17, 15) is 9.59 Å². The van der Waals surface area contributed by atoms with Crippen LogP contribution in [-0.2, 0) is 4.79 Å². The molecule has 0 aromatic rings. The molecule has 16 heavy (non-hydrogen) atoms. The first kappa shape index (κ1) is 11.8. The summed E-state index contributed by atoms with van der Waals surface area (Å²) in [5, 5.41) is 2.89. The van der Waals surface area contributed by atoms with Gasteiger partial charge in [0, 0.05) is 6.54 Å². The first-order valence-electron chi connectivity index (χ1n) is 5.95. The number of hydrogen-bond donors (Lipinski definition) is 2. The molecule has 1 aliphatic heterocycles. The molecule has 1 saturated heterocycles. The molecule has 0 unspecified atom stereocenters. The number of imide groups is 1. The molecule has 2 fully saturated rings. The molecule has 2 rings (SSSR count). The second-order valence-electron chi connectivity index (χ2n) is 4.61. The number of nitrogens with one attached hydrogen (secondary N) is 1. The van der Waals surface area contributed by atoms with E-state index in [1.54, 1.807) is 0 Å². The van der Waals surface area contributed by atoms with Crippen molar-refractivity contribution in [3.8, 4) is 0 Å². The van der Waals surface area contributed by atoms with Crippen molar-refractivity contribution in [2.75, 3.05) is 12.3 Å². The third kappa shape index (κ3) is 1.93. The van der Waals surface area contributed by atoms with E-state index in [1.165, 1.54) is 11.3 Å². The molecule has 0 aromatic heterocycles. The summed E-state index contributed by atoms with van der Waals surface area (Å²) in [6, 6.07) is -0.214. The van der Waals surface area contributed by atoms with E-state index in [0.717, 1.165) is 32.1 Å². The van der Waals surface area contributed by atoms with Gasteiger partial charge in [0.25, 0.3) is 5.91 Å². The highest BCUT2D eigenvalue weighted by Crippen LogP contribution is 2.33. The molecule has 1 aliphatic carbocycles. The smallest absolute Gasteiger partial charge is 0.323 e. The fourth-order valence-corrected chi connectivity index (χ4v) is 2.74. The highest BCUT2D eigenvalue weighted by molar-refractivity contribution is 7.80. The molecule has 90 valence electrons. The molecule has 2 aliphatic rings. The molecule has 4 nitrogen and oxygen atoms in total. The number of urea groups is 1. The predicted octanol–water partition coefficient (Wildman–Crippen LogP) is 1.56. The van der Waals surface area contributed by atoms with Crippen LogP contribution in [0.3, 0.4) is 0 Å². The topological polar surface area (TPSA) is 49.4 Å². The van der Waals surface area contributed by atoms with Gasteiger partial charge in [0.05, 0.1) is 0 Å². The number of carbonyl (C=O) groups is 2. The van der Waals surface area contributed by atoms with Crippen molar-refractivity contribution < 1.29 is 9.59 Å². The van der Waals surface area contributed by atoms with Gasteiger partial charge in [-0.05, 0) is 25.0 Å². The van der Waals surface area contributed by atoms with Crippen LogP contribution in [0.4, 0.5) is 4.79 Å². The lowest BCUT2D eigenvalue weighted by atomic mass is 9.82. The van der Waals surface area contributed by atoms with Crippen LogP contribution in [0.1, 0.15) is 38.5 Å². The second-order valence-corrected chi connectivity index (χ2v) is 5.05. The van der Waals surface area contributed by atoms with Gasteiger partial charge >= 0.3 is 6.03 Å². The second kappa shape index (κ2) is 4.65. The minimum Gasteiger partial charge on any atom is -0.323 e. The average molecular weight is 242 g/mol. The molecular formula is C11H18N2O2S. The SMILES string of the molecule is O=C1NC2(CCCCC2)C(=O)N1CCCS. The standard InChI is InChI=1S/C11H18N2O2S/c14-9-11(5-2-1-3-6-11)12-10(15)13(9)7-4-8-16/h16H,1-8H2,(H,12,15). The summed E-state index contributed by atoms with van der Waals surface area (Å²) in [7, 11) is 0. The Kier molecular flexibility index (Phi) is 3.42. The maximum absolute atomic E-state index is 12.2. The Hall–Kier alpha value is -0.710. The number of hydrogen-bond acceptors (Lipinski definition) is 3. The summed E-state index contributed by atoms with van der Waals surface area (Å²) >= 11 is 4.10. The largest absolute Gasteiger partial charge is 0.325 e. The van der Waals surface area contributed by atoms with Crippen LogP contribution in [0, 0.1) is 0 Å².